The molecule has 1 aliphatic rings. The summed E-state index contributed by atoms with van der Waals surface area (Å²) in [4.78, 5) is 20.4. The van der Waals surface area contributed by atoms with Crippen LogP contribution in [0.3, 0.4) is 0 Å². The van der Waals surface area contributed by atoms with Gasteiger partial charge in [-0.15, -0.1) is 6.58 Å². The van der Waals surface area contributed by atoms with Crippen molar-refractivity contribution in [3.8, 4) is 0 Å². The largest absolute Gasteiger partial charge is 0.435 e. The van der Waals surface area contributed by atoms with Gasteiger partial charge in [-0.2, -0.15) is 0 Å². The van der Waals surface area contributed by atoms with Crippen molar-refractivity contribution in [3.63, 3.8) is 0 Å². The maximum atomic E-state index is 10.3. The predicted octanol–water partition coefficient (Wildman–Crippen LogP) is 1.15. The van der Waals surface area contributed by atoms with Gasteiger partial charge in [0.05, 0.1) is 12.7 Å². The number of esters is 1. The van der Waals surface area contributed by atoms with E-state index >= 15 is 0 Å². The monoisotopic (exact) mass is 197 g/mol. The average Bonchev–Trinajstić information content (AvgIpc) is 2.58. The summed E-state index contributed by atoms with van der Waals surface area (Å²) in [6.45, 7) is 7.44. The Morgan fingerprint density at radius 1 is 1.57 bits per heavy atom. The summed E-state index contributed by atoms with van der Waals surface area (Å²) in [6.07, 6.45) is 4.59. The van der Waals surface area contributed by atoms with Gasteiger partial charge in [0.15, 0.2) is 0 Å². The predicted molar refractivity (Wildman–Crippen MR) is 53.3 cm³/mol. The van der Waals surface area contributed by atoms with E-state index in [1.807, 2.05) is 0 Å². The fraction of sp³-hybridized carbons (Fsp3) is 0.400. The smallest absolute Gasteiger partial charge is 0.314 e. The van der Waals surface area contributed by atoms with Crippen LogP contribution in [0.1, 0.15) is 19.3 Å². The normalized spacial score (nSPS) is 13.3. The molecule has 4 heteroatoms. The molecule has 14 heavy (non-hydrogen) atoms. The van der Waals surface area contributed by atoms with E-state index in [0.29, 0.717) is 0 Å². The maximum Gasteiger partial charge on any atom is 0.314 e. The maximum absolute atomic E-state index is 10.3. The highest BCUT2D eigenvalue weighted by Gasteiger charge is 2.05. The average molecular weight is 197 g/mol. The minimum Gasteiger partial charge on any atom is -0.435 e. The zero-order chi connectivity index (χ0) is 10.8. The zero-order valence-electron chi connectivity index (χ0n) is 8.12. The molecule has 1 fully saturated rings. The standard InChI is InChI=1S/C6H8O2.C4H7NO/c1-3-5-6(7)8-4-2;6-4-2-1-3-5-4/h3-4H,1-2,5H2;1-3H2,(H,5,6). The first kappa shape index (κ1) is 12.4. The molecule has 78 valence electrons. The third-order valence-corrected chi connectivity index (χ3v) is 1.43. The minimum absolute atomic E-state index is 0.204. The Kier molecular flexibility index (Phi) is 7.13. The van der Waals surface area contributed by atoms with E-state index in [4.69, 9.17) is 0 Å². The van der Waals surface area contributed by atoms with Crippen molar-refractivity contribution in [2.24, 2.45) is 0 Å². The first-order valence-corrected chi connectivity index (χ1v) is 4.38. The van der Waals surface area contributed by atoms with Gasteiger partial charge in [0.1, 0.15) is 0 Å². The number of ether oxygens (including phenoxy) is 1. The molecule has 0 bridgehead atoms. The van der Waals surface area contributed by atoms with Crippen LogP contribution < -0.4 is 5.32 Å². The van der Waals surface area contributed by atoms with Crippen LogP contribution in [0.4, 0.5) is 0 Å². The zero-order valence-corrected chi connectivity index (χ0v) is 8.12. The summed E-state index contributed by atoms with van der Waals surface area (Å²) in [7, 11) is 0. The van der Waals surface area contributed by atoms with Crippen molar-refractivity contribution < 1.29 is 14.3 Å². The van der Waals surface area contributed by atoms with Crippen LogP contribution >= 0.6 is 0 Å². The molecule has 1 aliphatic heterocycles. The molecule has 0 aromatic heterocycles. The fourth-order valence-electron chi connectivity index (χ4n) is 0.824. The summed E-state index contributed by atoms with van der Waals surface area (Å²) in [5.74, 6) is -0.120. The number of hydrogen-bond acceptors (Lipinski definition) is 3. The summed E-state index contributed by atoms with van der Waals surface area (Å²) in [5, 5.41) is 2.68. The number of amides is 1. The van der Waals surface area contributed by atoms with Crippen LogP contribution in [0.2, 0.25) is 0 Å². The molecule has 1 saturated heterocycles. The molecule has 1 amide bonds. The van der Waals surface area contributed by atoms with Crippen LogP contribution in [0.5, 0.6) is 0 Å². The minimum atomic E-state index is -0.324. The van der Waals surface area contributed by atoms with Crippen LogP contribution in [-0.2, 0) is 14.3 Å². The van der Waals surface area contributed by atoms with Gasteiger partial charge in [-0.1, -0.05) is 12.7 Å². The van der Waals surface area contributed by atoms with Gasteiger partial charge in [-0.25, -0.2) is 0 Å². The molecule has 0 saturated carbocycles. The second kappa shape index (κ2) is 8.04. The van der Waals surface area contributed by atoms with Gasteiger partial charge in [-0.3, -0.25) is 9.59 Å². The van der Waals surface area contributed by atoms with Crippen molar-refractivity contribution in [1.82, 2.24) is 5.32 Å². The highest BCUT2D eigenvalue weighted by molar-refractivity contribution is 5.77. The molecular formula is C10H15NO3. The highest BCUT2D eigenvalue weighted by atomic mass is 16.5. The van der Waals surface area contributed by atoms with Crippen molar-refractivity contribution in [2.45, 2.75) is 19.3 Å². The first-order chi connectivity index (χ1) is 6.70. The number of carbonyl (C=O) groups excluding carboxylic acids is 2. The Balaban J connectivity index is 0.000000249. The van der Waals surface area contributed by atoms with Crippen LogP contribution in [0.25, 0.3) is 0 Å². The van der Waals surface area contributed by atoms with Crippen LogP contribution in [0, 0.1) is 0 Å². The van der Waals surface area contributed by atoms with E-state index in [-0.39, 0.29) is 18.3 Å². The Hall–Kier alpha value is -1.58. The highest BCUT2D eigenvalue weighted by Crippen LogP contribution is 1.93. The molecule has 1 rings (SSSR count). The number of hydrogen-bond donors (Lipinski definition) is 1. The van der Waals surface area contributed by atoms with E-state index in [9.17, 15) is 9.59 Å². The van der Waals surface area contributed by atoms with E-state index < -0.39 is 0 Å². The Bertz CT molecular complexity index is 203. The lowest BCUT2D eigenvalue weighted by atomic mass is 10.4. The number of rotatable bonds is 3. The lowest BCUT2D eigenvalue weighted by molar-refractivity contribution is -0.136. The van der Waals surface area contributed by atoms with E-state index in [2.05, 4.69) is 23.2 Å². The molecule has 1 N–H and O–H groups in total. The molecule has 0 aromatic rings. The second-order valence-corrected chi connectivity index (χ2v) is 2.60. The lowest BCUT2D eigenvalue weighted by Crippen LogP contribution is -2.12. The van der Waals surface area contributed by atoms with Crippen molar-refractivity contribution in [1.29, 1.82) is 0 Å². The lowest BCUT2D eigenvalue weighted by Gasteiger charge is -1.89. The van der Waals surface area contributed by atoms with Gasteiger partial charge >= 0.3 is 5.97 Å². The van der Waals surface area contributed by atoms with E-state index in [0.717, 1.165) is 25.6 Å². The van der Waals surface area contributed by atoms with E-state index in [1.165, 1.54) is 6.08 Å². The molecule has 0 aliphatic carbocycles. The van der Waals surface area contributed by atoms with Gasteiger partial charge in [0.2, 0.25) is 5.91 Å². The summed E-state index contributed by atoms with van der Waals surface area (Å²) >= 11 is 0. The molecule has 0 aromatic carbocycles. The van der Waals surface area contributed by atoms with Gasteiger partial charge in [0.25, 0.3) is 0 Å². The molecule has 0 atom stereocenters. The Morgan fingerprint density at radius 2 is 2.29 bits per heavy atom. The topological polar surface area (TPSA) is 55.4 Å². The first-order valence-electron chi connectivity index (χ1n) is 4.38. The van der Waals surface area contributed by atoms with Gasteiger partial charge in [-0.05, 0) is 6.42 Å². The number of carbonyl (C=O) groups is 2. The van der Waals surface area contributed by atoms with Crippen LogP contribution in [-0.4, -0.2) is 18.4 Å². The Morgan fingerprint density at radius 3 is 2.57 bits per heavy atom. The quantitative estimate of drug-likeness (QED) is 0.419. The van der Waals surface area contributed by atoms with E-state index in [1.54, 1.807) is 0 Å². The number of nitrogens with one attached hydrogen (secondary N) is 1. The molecule has 0 spiro atoms. The summed E-state index contributed by atoms with van der Waals surface area (Å²) < 4.78 is 4.34. The SMILES string of the molecule is C=CCC(=O)OC=C.O=C1CCCN1. The van der Waals surface area contributed by atoms with Crippen molar-refractivity contribution in [2.75, 3.05) is 6.54 Å². The molecule has 0 radical (unpaired) electrons. The summed E-state index contributed by atoms with van der Waals surface area (Å²) in [5.41, 5.74) is 0. The third-order valence-electron chi connectivity index (χ3n) is 1.43. The van der Waals surface area contributed by atoms with Gasteiger partial charge in [0, 0.05) is 13.0 Å². The third kappa shape index (κ3) is 7.09. The molecule has 1 heterocycles. The molecule has 0 unspecified atom stereocenters. The Labute approximate surface area is 83.6 Å². The summed E-state index contributed by atoms with van der Waals surface area (Å²) in [6, 6.07) is 0. The van der Waals surface area contributed by atoms with Gasteiger partial charge < -0.3 is 10.1 Å². The van der Waals surface area contributed by atoms with Crippen LogP contribution in [0.15, 0.2) is 25.5 Å². The van der Waals surface area contributed by atoms with Crippen molar-refractivity contribution in [3.05, 3.63) is 25.5 Å². The second-order valence-electron chi connectivity index (χ2n) is 2.60. The molecular weight excluding hydrogens is 182 g/mol. The molecule has 4 nitrogen and oxygen atoms in total. The van der Waals surface area contributed by atoms with Crippen molar-refractivity contribution >= 4 is 11.9 Å². The fourth-order valence-corrected chi connectivity index (χ4v) is 0.824.